The Hall–Kier alpha value is -4.07. The van der Waals surface area contributed by atoms with E-state index < -0.39 is 27.9 Å². The van der Waals surface area contributed by atoms with Crippen LogP contribution in [0.1, 0.15) is 17.0 Å². The molecule has 0 aliphatic carbocycles. The van der Waals surface area contributed by atoms with Gasteiger partial charge in [-0.1, -0.05) is 11.6 Å². The number of H-pyrrole nitrogens is 1. The summed E-state index contributed by atoms with van der Waals surface area (Å²) >= 11 is 6.03. The summed E-state index contributed by atoms with van der Waals surface area (Å²) < 4.78 is 33.6. The number of carbonyl (C=O) groups excluding carboxylic acids is 2. The number of nitrogens with one attached hydrogen (secondary N) is 1. The van der Waals surface area contributed by atoms with Gasteiger partial charge >= 0.3 is 5.97 Å². The van der Waals surface area contributed by atoms with E-state index in [1.54, 1.807) is 36.4 Å². The highest BCUT2D eigenvalue weighted by molar-refractivity contribution is 7.89. The molecule has 1 aliphatic heterocycles. The first-order valence-electron chi connectivity index (χ1n) is 11.8. The van der Waals surface area contributed by atoms with Gasteiger partial charge in [-0.2, -0.15) is 9.04 Å². The van der Waals surface area contributed by atoms with E-state index in [0.717, 1.165) is 0 Å². The maximum atomic E-state index is 13.5. The van der Waals surface area contributed by atoms with Gasteiger partial charge in [-0.15, -0.1) is 0 Å². The summed E-state index contributed by atoms with van der Waals surface area (Å²) in [7, 11) is -2.77. The summed E-state index contributed by atoms with van der Waals surface area (Å²) in [6.45, 7) is -0.159. The van der Waals surface area contributed by atoms with Gasteiger partial charge in [0.25, 0.3) is 15.9 Å². The number of rotatable bonds is 6. The molecule has 39 heavy (non-hydrogen) atoms. The maximum absolute atomic E-state index is 13.5. The first-order chi connectivity index (χ1) is 18.7. The molecule has 1 aliphatic rings. The van der Waals surface area contributed by atoms with Crippen molar-refractivity contribution in [3.63, 3.8) is 0 Å². The average molecular weight is 571 g/mol. The van der Waals surface area contributed by atoms with Crippen molar-refractivity contribution in [2.45, 2.75) is 17.5 Å². The predicted molar refractivity (Wildman–Crippen MR) is 140 cm³/mol. The maximum Gasteiger partial charge on any atom is 0.307 e. The van der Waals surface area contributed by atoms with Crippen molar-refractivity contribution in [2.75, 3.05) is 26.7 Å². The van der Waals surface area contributed by atoms with Gasteiger partial charge in [0.05, 0.1) is 25.1 Å². The fourth-order valence-electron chi connectivity index (χ4n) is 4.47. The molecule has 5 rings (SSSR count). The van der Waals surface area contributed by atoms with Crippen LogP contribution < -0.4 is 4.73 Å². The minimum atomic E-state index is -3.98. The number of methoxy groups -OCH3 is 1. The van der Waals surface area contributed by atoms with Gasteiger partial charge in [0.1, 0.15) is 5.03 Å². The molecule has 1 aromatic carbocycles. The van der Waals surface area contributed by atoms with Crippen LogP contribution in [0.3, 0.4) is 0 Å². The fourth-order valence-corrected chi connectivity index (χ4v) is 6.13. The van der Waals surface area contributed by atoms with Crippen LogP contribution in [0, 0.1) is 5.21 Å². The zero-order valence-corrected chi connectivity index (χ0v) is 22.2. The number of pyridine rings is 1. The number of carbonyl (C=O) groups is 2. The molecular formula is C25H23ClN6O6S. The smallest absolute Gasteiger partial charge is 0.307 e. The molecule has 1 N–H and O–H groups in total. The van der Waals surface area contributed by atoms with Gasteiger partial charge < -0.3 is 19.8 Å². The van der Waals surface area contributed by atoms with Crippen LogP contribution in [0.2, 0.25) is 5.02 Å². The van der Waals surface area contributed by atoms with E-state index in [-0.39, 0.29) is 36.9 Å². The number of fused-ring (bicyclic) bond motifs is 1. The minimum Gasteiger partial charge on any atom is -0.618 e. The van der Waals surface area contributed by atoms with E-state index in [2.05, 4.69) is 15.0 Å². The number of piperazine rings is 1. The highest BCUT2D eigenvalue weighted by atomic mass is 35.5. The summed E-state index contributed by atoms with van der Waals surface area (Å²) in [5.41, 5.74) is 1.35. The van der Waals surface area contributed by atoms with Crippen LogP contribution in [0.15, 0.2) is 66.1 Å². The number of halogens is 1. The molecule has 1 atom stereocenters. The Balaban J connectivity index is 1.39. The van der Waals surface area contributed by atoms with Gasteiger partial charge in [-0.05, 0) is 30.3 Å². The second-order valence-electron chi connectivity index (χ2n) is 8.87. The SMILES string of the molecule is COC(=O)CC1CN(S(=O)(=O)c2cc3cc(Cl)ccc3[nH]2)CCN1C(=O)c1ncc(-c2cccc[n+]2[O-])cn1. The van der Waals surface area contributed by atoms with Crippen molar-refractivity contribution in [3.05, 3.63) is 77.1 Å². The summed E-state index contributed by atoms with van der Waals surface area (Å²) in [4.78, 5) is 38.1. The zero-order valence-electron chi connectivity index (χ0n) is 20.7. The van der Waals surface area contributed by atoms with Crippen LogP contribution in [0.5, 0.6) is 0 Å². The molecule has 0 radical (unpaired) electrons. The second kappa shape index (κ2) is 10.6. The number of ether oxygens (including phenoxy) is 1. The second-order valence-corrected chi connectivity index (χ2v) is 11.2. The molecule has 0 spiro atoms. The minimum absolute atomic E-state index is 0.00383. The fraction of sp³-hybridized carbons (Fsp3) is 0.240. The molecule has 0 bridgehead atoms. The number of nitrogens with zero attached hydrogens (tertiary/aromatic N) is 5. The lowest BCUT2D eigenvalue weighted by molar-refractivity contribution is -0.593. The predicted octanol–water partition coefficient (Wildman–Crippen LogP) is 1.99. The van der Waals surface area contributed by atoms with Gasteiger partial charge in [-0.3, -0.25) is 9.59 Å². The molecule has 202 valence electrons. The Kier molecular flexibility index (Phi) is 7.21. The lowest BCUT2D eigenvalue weighted by Crippen LogP contribution is -2.57. The number of benzene rings is 1. The number of esters is 1. The van der Waals surface area contributed by atoms with Crippen molar-refractivity contribution in [1.82, 2.24) is 24.2 Å². The summed E-state index contributed by atoms with van der Waals surface area (Å²) in [5, 5.41) is 13.1. The van der Waals surface area contributed by atoms with Crippen LogP contribution in [-0.2, 0) is 19.6 Å². The number of aromatic amines is 1. The van der Waals surface area contributed by atoms with E-state index in [0.29, 0.717) is 31.9 Å². The quantitative estimate of drug-likeness (QED) is 0.210. The van der Waals surface area contributed by atoms with Crippen LogP contribution in [-0.4, -0.2) is 77.2 Å². The van der Waals surface area contributed by atoms with E-state index in [4.69, 9.17) is 16.3 Å². The molecule has 4 heterocycles. The Morgan fingerprint density at radius 1 is 1.18 bits per heavy atom. The Morgan fingerprint density at radius 3 is 2.67 bits per heavy atom. The van der Waals surface area contributed by atoms with Gasteiger partial charge in [0, 0.05) is 60.1 Å². The number of hydrogen-bond donors (Lipinski definition) is 1. The Bertz CT molecular complexity index is 1660. The Morgan fingerprint density at radius 2 is 1.95 bits per heavy atom. The molecule has 12 nitrogen and oxygen atoms in total. The number of aromatic nitrogens is 4. The molecule has 14 heteroatoms. The third kappa shape index (κ3) is 5.28. The molecule has 1 unspecified atom stereocenters. The topological polar surface area (TPSA) is 152 Å². The molecule has 3 aromatic heterocycles. The van der Waals surface area contributed by atoms with Gasteiger partial charge in [-0.25, -0.2) is 18.4 Å². The standard InChI is InChI=1S/C25H23ClN6O6S/c1-38-23(33)12-19-15-30(39(36,37)22-11-16-10-18(26)5-6-20(16)29-22)8-9-31(19)25(34)24-27-13-17(14-28-24)21-4-2-3-7-32(21)35/h2-7,10-11,13-14,19,29H,8-9,12,15H2,1H3. The lowest BCUT2D eigenvalue weighted by Gasteiger charge is -2.39. The van der Waals surface area contributed by atoms with Crippen molar-refractivity contribution in [1.29, 1.82) is 0 Å². The molecular weight excluding hydrogens is 548 g/mol. The number of sulfonamides is 1. The molecule has 1 amide bonds. The van der Waals surface area contributed by atoms with Crippen molar-refractivity contribution in [2.24, 2.45) is 0 Å². The van der Waals surface area contributed by atoms with E-state index in [9.17, 15) is 23.2 Å². The summed E-state index contributed by atoms with van der Waals surface area (Å²) in [6.07, 6.45) is 3.84. The highest BCUT2D eigenvalue weighted by Crippen LogP contribution is 2.27. The average Bonchev–Trinajstić information content (AvgIpc) is 3.37. The van der Waals surface area contributed by atoms with Crippen LogP contribution in [0.25, 0.3) is 22.2 Å². The molecule has 1 fully saturated rings. The van der Waals surface area contributed by atoms with E-state index >= 15 is 0 Å². The van der Waals surface area contributed by atoms with Gasteiger partial charge in [0.2, 0.25) is 11.5 Å². The van der Waals surface area contributed by atoms with Crippen LogP contribution in [0.4, 0.5) is 0 Å². The monoisotopic (exact) mass is 570 g/mol. The molecule has 4 aromatic rings. The van der Waals surface area contributed by atoms with E-state index in [1.807, 2.05) is 0 Å². The number of hydrogen-bond acceptors (Lipinski definition) is 8. The summed E-state index contributed by atoms with van der Waals surface area (Å²) in [5.74, 6) is -1.32. The molecule has 1 saturated heterocycles. The number of amides is 1. The van der Waals surface area contributed by atoms with E-state index in [1.165, 1.54) is 41.0 Å². The first kappa shape index (κ1) is 26.5. The van der Waals surface area contributed by atoms with Crippen molar-refractivity contribution >= 4 is 44.4 Å². The lowest BCUT2D eigenvalue weighted by atomic mass is 10.1. The largest absolute Gasteiger partial charge is 0.618 e. The normalized spacial score (nSPS) is 16.4. The van der Waals surface area contributed by atoms with Crippen molar-refractivity contribution in [3.8, 4) is 11.3 Å². The highest BCUT2D eigenvalue weighted by Gasteiger charge is 2.39. The van der Waals surface area contributed by atoms with Gasteiger partial charge in [0.15, 0.2) is 6.20 Å². The molecule has 0 saturated carbocycles. The summed E-state index contributed by atoms with van der Waals surface area (Å²) in [6, 6.07) is 10.5. The van der Waals surface area contributed by atoms with Crippen LogP contribution >= 0.6 is 11.6 Å². The third-order valence-corrected chi connectivity index (χ3v) is 8.50. The van der Waals surface area contributed by atoms with Crippen molar-refractivity contribution < 1.29 is 27.5 Å². The zero-order chi connectivity index (χ0) is 27.7. The Labute approximate surface area is 228 Å². The first-order valence-corrected chi connectivity index (χ1v) is 13.7. The third-order valence-electron chi connectivity index (χ3n) is 6.48.